The third-order valence-corrected chi connectivity index (χ3v) is 7.55. The molecule has 0 aromatic carbocycles. The summed E-state index contributed by atoms with van der Waals surface area (Å²) >= 11 is 1.75. The Morgan fingerprint density at radius 1 is 1.24 bits per heavy atom. The van der Waals surface area contributed by atoms with Crippen molar-refractivity contribution in [2.75, 3.05) is 11.5 Å². The Balaban J connectivity index is 2.00. The molecule has 1 N–H and O–H groups in total. The van der Waals surface area contributed by atoms with Crippen molar-refractivity contribution in [1.82, 2.24) is 10.3 Å². The molecule has 1 aromatic rings. The fourth-order valence-electron chi connectivity index (χ4n) is 3.57. The molecule has 1 unspecified atom stereocenters. The third-order valence-electron chi connectivity index (χ3n) is 4.35. The van der Waals surface area contributed by atoms with Gasteiger partial charge in [-0.2, -0.15) is 0 Å². The summed E-state index contributed by atoms with van der Waals surface area (Å²) in [6, 6.07) is 0.249. The summed E-state index contributed by atoms with van der Waals surface area (Å²) in [7, 11) is -2.98. The van der Waals surface area contributed by atoms with Crippen molar-refractivity contribution in [1.29, 1.82) is 0 Å². The van der Waals surface area contributed by atoms with E-state index in [1.807, 2.05) is 0 Å². The van der Waals surface area contributed by atoms with Crippen molar-refractivity contribution < 1.29 is 8.42 Å². The quantitative estimate of drug-likeness (QED) is 0.926. The van der Waals surface area contributed by atoms with Crippen LogP contribution in [-0.4, -0.2) is 30.9 Å². The van der Waals surface area contributed by atoms with Crippen molar-refractivity contribution in [2.45, 2.75) is 64.0 Å². The normalized spacial score (nSPS) is 28.5. The van der Waals surface area contributed by atoms with Gasteiger partial charge in [-0.05, 0) is 52.4 Å². The van der Waals surface area contributed by atoms with E-state index in [1.165, 1.54) is 23.4 Å². The van der Waals surface area contributed by atoms with E-state index in [-0.39, 0.29) is 11.8 Å². The summed E-state index contributed by atoms with van der Waals surface area (Å²) < 4.78 is 24.4. The molecule has 1 atom stereocenters. The van der Waals surface area contributed by atoms with Gasteiger partial charge in [0.25, 0.3) is 0 Å². The van der Waals surface area contributed by atoms with Crippen molar-refractivity contribution in [3.8, 4) is 0 Å². The molecule has 118 valence electrons. The van der Waals surface area contributed by atoms with Gasteiger partial charge in [-0.15, -0.1) is 11.3 Å². The molecular weight excluding hydrogens is 304 g/mol. The Kier molecular flexibility index (Phi) is 4.14. The van der Waals surface area contributed by atoms with Gasteiger partial charge in [-0.1, -0.05) is 0 Å². The van der Waals surface area contributed by atoms with Crippen LogP contribution in [0.4, 0.5) is 0 Å². The molecule has 21 heavy (non-hydrogen) atoms. The molecular formula is C15H24N2O2S2. The van der Waals surface area contributed by atoms with Crippen molar-refractivity contribution >= 4 is 21.2 Å². The van der Waals surface area contributed by atoms with Gasteiger partial charge in [0, 0.05) is 10.9 Å². The molecule has 0 spiro atoms. The molecule has 1 aliphatic carbocycles. The largest absolute Gasteiger partial charge is 0.302 e. The summed E-state index contributed by atoms with van der Waals surface area (Å²) in [5.41, 5.74) is 0.752. The molecule has 1 aromatic heterocycles. The number of fused-ring (bicyclic) bond motifs is 1. The van der Waals surface area contributed by atoms with Crippen LogP contribution in [0.5, 0.6) is 0 Å². The van der Waals surface area contributed by atoms with Crippen LogP contribution in [0.15, 0.2) is 0 Å². The monoisotopic (exact) mass is 328 g/mol. The maximum absolute atomic E-state index is 12.2. The highest BCUT2D eigenvalue weighted by atomic mass is 32.2. The van der Waals surface area contributed by atoms with Crippen LogP contribution >= 0.6 is 11.3 Å². The van der Waals surface area contributed by atoms with Gasteiger partial charge in [0.1, 0.15) is 5.01 Å². The maximum Gasteiger partial charge on any atom is 0.152 e. The number of sulfone groups is 1. The first-order valence-corrected chi connectivity index (χ1v) is 10.5. The van der Waals surface area contributed by atoms with Gasteiger partial charge in [0.15, 0.2) is 9.84 Å². The SMILES string of the molecule is CC(C)NC1(c2nc3c(s2)CCCC3)CCCS(=O)(=O)C1. The Labute approximate surface area is 131 Å². The van der Waals surface area contributed by atoms with Crippen LogP contribution in [-0.2, 0) is 28.2 Å². The number of aromatic nitrogens is 1. The molecule has 0 bridgehead atoms. The second-order valence-corrected chi connectivity index (χ2v) is 9.94. The smallest absolute Gasteiger partial charge is 0.152 e. The second kappa shape index (κ2) is 5.63. The van der Waals surface area contributed by atoms with Gasteiger partial charge in [0.2, 0.25) is 0 Å². The van der Waals surface area contributed by atoms with E-state index in [0.717, 1.165) is 30.7 Å². The standard InChI is InChI=1S/C15H24N2O2S2/c1-11(2)17-15(8-5-9-21(18,19)10-15)14-16-12-6-3-4-7-13(12)20-14/h11,17H,3-10H2,1-2H3. The van der Waals surface area contributed by atoms with Gasteiger partial charge in [-0.25, -0.2) is 13.4 Å². The number of nitrogens with zero attached hydrogens (tertiary/aromatic N) is 1. The average Bonchev–Trinajstić information content (AvgIpc) is 2.81. The summed E-state index contributed by atoms with van der Waals surface area (Å²) in [6.45, 7) is 4.16. The van der Waals surface area contributed by atoms with Crippen molar-refractivity contribution in [3.05, 3.63) is 15.6 Å². The summed E-state index contributed by atoms with van der Waals surface area (Å²) in [5, 5.41) is 4.55. The molecule has 6 heteroatoms. The number of aryl methyl sites for hydroxylation is 2. The van der Waals surface area contributed by atoms with E-state index in [1.54, 1.807) is 11.3 Å². The van der Waals surface area contributed by atoms with Crippen LogP contribution in [0.25, 0.3) is 0 Å². The molecule has 2 aliphatic rings. The lowest BCUT2D eigenvalue weighted by Gasteiger charge is -2.37. The molecule has 2 heterocycles. The fourth-order valence-corrected chi connectivity index (χ4v) is 6.83. The lowest BCUT2D eigenvalue weighted by molar-refractivity contribution is 0.300. The number of rotatable bonds is 3. The molecule has 3 rings (SSSR count). The fraction of sp³-hybridized carbons (Fsp3) is 0.800. The number of thiazole rings is 1. The Hall–Kier alpha value is -0.460. The predicted molar refractivity (Wildman–Crippen MR) is 86.6 cm³/mol. The van der Waals surface area contributed by atoms with E-state index < -0.39 is 15.4 Å². The van der Waals surface area contributed by atoms with Crippen molar-refractivity contribution in [3.63, 3.8) is 0 Å². The Bertz CT molecular complexity index is 598. The summed E-state index contributed by atoms with van der Waals surface area (Å²) in [5.74, 6) is 0.518. The molecule has 0 radical (unpaired) electrons. The Morgan fingerprint density at radius 3 is 2.67 bits per heavy atom. The van der Waals surface area contributed by atoms with E-state index in [4.69, 9.17) is 4.98 Å². The topological polar surface area (TPSA) is 59.1 Å². The van der Waals surface area contributed by atoms with E-state index >= 15 is 0 Å². The second-order valence-electron chi connectivity index (χ2n) is 6.67. The molecule has 0 saturated carbocycles. The minimum atomic E-state index is -2.98. The van der Waals surface area contributed by atoms with Crippen LogP contribution < -0.4 is 5.32 Å². The summed E-state index contributed by atoms with van der Waals surface area (Å²) in [4.78, 5) is 6.24. The van der Waals surface area contributed by atoms with E-state index in [0.29, 0.717) is 5.75 Å². The number of hydrogen-bond acceptors (Lipinski definition) is 5. The van der Waals surface area contributed by atoms with Gasteiger partial charge in [-0.3, -0.25) is 0 Å². The van der Waals surface area contributed by atoms with Crippen molar-refractivity contribution in [2.24, 2.45) is 0 Å². The van der Waals surface area contributed by atoms with Crippen LogP contribution in [0.2, 0.25) is 0 Å². The first kappa shape index (κ1) is 15.4. The zero-order chi connectivity index (χ0) is 15.1. The lowest BCUT2D eigenvalue weighted by atomic mass is 9.94. The number of hydrogen-bond donors (Lipinski definition) is 1. The Morgan fingerprint density at radius 2 is 2.00 bits per heavy atom. The van der Waals surface area contributed by atoms with Crippen LogP contribution in [0.3, 0.4) is 0 Å². The average molecular weight is 329 g/mol. The van der Waals surface area contributed by atoms with Gasteiger partial charge >= 0.3 is 0 Å². The molecule has 4 nitrogen and oxygen atoms in total. The first-order chi connectivity index (χ1) is 9.90. The summed E-state index contributed by atoms with van der Waals surface area (Å²) in [6.07, 6.45) is 6.20. The third kappa shape index (κ3) is 3.17. The molecule has 1 aliphatic heterocycles. The highest BCUT2D eigenvalue weighted by Crippen LogP contribution is 2.38. The molecule has 1 fully saturated rings. The zero-order valence-corrected chi connectivity index (χ0v) is 14.4. The van der Waals surface area contributed by atoms with E-state index in [2.05, 4.69) is 19.2 Å². The minimum Gasteiger partial charge on any atom is -0.302 e. The van der Waals surface area contributed by atoms with Gasteiger partial charge < -0.3 is 5.32 Å². The highest BCUT2D eigenvalue weighted by Gasteiger charge is 2.43. The van der Waals surface area contributed by atoms with Crippen LogP contribution in [0.1, 0.15) is 55.1 Å². The lowest BCUT2D eigenvalue weighted by Crippen LogP contribution is -2.53. The molecule has 1 saturated heterocycles. The van der Waals surface area contributed by atoms with Crippen LogP contribution in [0, 0.1) is 0 Å². The first-order valence-electron chi connectivity index (χ1n) is 7.87. The van der Waals surface area contributed by atoms with Gasteiger partial charge in [0.05, 0.1) is 22.7 Å². The van der Waals surface area contributed by atoms with E-state index in [9.17, 15) is 8.42 Å². The molecule has 0 amide bonds. The minimum absolute atomic E-state index is 0.199. The highest BCUT2D eigenvalue weighted by molar-refractivity contribution is 7.91. The zero-order valence-electron chi connectivity index (χ0n) is 12.8. The number of nitrogens with one attached hydrogen (secondary N) is 1. The predicted octanol–water partition coefficient (Wildman–Crippen LogP) is 2.42. The maximum atomic E-state index is 12.2.